The summed E-state index contributed by atoms with van der Waals surface area (Å²) in [5.41, 5.74) is 4.49. The molecule has 0 aliphatic carbocycles. The molecule has 0 aliphatic rings. The second kappa shape index (κ2) is 15.4. The van der Waals surface area contributed by atoms with Crippen molar-refractivity contribution >= 4 is 61.3 Å². The van der Waals surface area contributed by atoms with Crippen LogP contribution in [0.1, 0.15) is 11.1 Å². The highest BCUT2D eigenvalue weighted by molar-refractivity contribution is 9.10. The molecule has 0 spiro atoms. The van der Waals surface area contributed by atoms with E-state index in [1.54, 1.807) is 60.7 Å². The van der Waals surface area contributed by atoms with Gasteiger partial charge in [-0.3, -0.25) is 9.59 Å². The van der Waals surface area contributed by atoms with E-state index in [0.29, 0.717) is 28.4 Å². The number of hydrazone groups is 1. The molecular weight excluding hydrogens is 656 g/mol. The predicted molar refractivity (Wildman–Crippen MR) is 171 cm³/mol. The molecule has 4 aromatic rings. The molecule has 2 amide bonds. The number of carbonyl (C=O) groups excluding carboxylic acids is 2. The molecule has 0 saturated carbocycles. The summed E-state index contributed by atoms with van der Waals surface area (Å²) in [7, 11) is -3.95. The lowest BCUT2D eigenvalue weighted by Gasteiger charge is -2.21. The van der Waals surface area contributed by atoms with Gasteiger partial charge in [0, 0.05) is 11.0 Å². The SMILES string of the molecule is O=C(CN(CCc1ccccc1)S(=O)(=O)c1ccc(Br)cc1)N/N=C/c1ccc(OCC(=O)Nc2ccccc2Cl)cc1. The fourth-order valence-corrected chi connectivity index (χ4v) is 5.70. The highest BCUT2D eigenvalue weighted by Gasteiger charge is 2.26. The number of nitrogens with zero attached hydrogens (tertiary/aromatic N) is 2. The van der Waals surface area contributed by atoms with Crippen molar-refractivity contribution in [3.63, 3.8) is 0 Å². The van der Waals surface area contributed by atoms with Gasteiger partial charge in [-0.05, 0) is 78.2 Å². The Labute approximate surface area is 263 Å². The summed E-state index contributed by atoms with van der Waals surface area (Å²) in [4.78, 5) is 25.0. The van der Waals surface area contributed by atoms with E-state index >= 15 is 0 Å². The monoisotopic (exact) mass is 682 g/mol. The zero-order valence-electron chi connectivity index (χ0n) is 22.8. The van der Waals surface area contributed by atoms with Crippen molar-refractivity contribution in [2.24, 2.45) is 5.10 Å². The molecule has 0 aliphatic heterocycles. The van der Waals surface area contributed by atoms with Gasteiger partial charge < -0.3 is 10.1 Å². The average molecular weight is 684 g/mol. The lowest BCUT2D eigenvalue weighted by molar-refractivity contribution is -0.121. The maximum atomic E-state index is 13.4. The summed E-state index contributed by atoms with van der Waals surface area (Å²) in [5, 5.41) is 7.08. The maximum Gasteiger partial charge on any atom is 0.262 e. The Morgan fingerprint density at radius 1 is 0.884 bits per heavy atom. The third-order valence-corrected chi connectivity index (χ3v) is 8.78. The number of halogens is 2. The summed E-state index contributed by atoms with van der Waals surface area (Å²) in [6, 6.07) is 29.3. The number of hydrogen-bond acceptors (Lipinski definition) is 6. The first-order valence-corrected chi connectivity index (χ1v) is 15.7. The number of hydrogen-bond donors (Lipinski definition) is 2. The molecule has 2 N–H and O–H groups in total. The van der Waals surface area contributed by atoms with Crippen molar-refractivity contribution in [1.82, 2.24) is 9.73 Å². The molecule has 0 saturated heterocycles. The molecule has 0 unspecified atom stereocenters. The van der Waals surface area contributed by atoms with Crippen LogP contribution < -0.4 is 15.5 Å². The van der Waals surface area contributed by atoms with E-state index in [4.69, 9.17) is 16.3 Å². The number of carbonyl (C=O) groups is 2. The predicted octanol–water partition coefficient (Wildman–Crippen LogP) is 5.50. The summed E-state index contributed by atoms with van der Waals surface area (Å²) in [6.07, 6.45) is 1.85. The number of anilines is 1. The second-order valence-corrected chi connectivity index (χ2v) is 12.5. The molecule has 0 bridgehead atoms. The van der Waals surface area contributed by atoms with Crippen molar-refractivity contribution < 1.29 is 22.7 Å². The lowest BCUT2D eigenvalue weighted by atomic mass is 10.1. The number of sulfonamides is 1. The Hall–Kier alpha value is -4.03. The Bertz CT molecular complexity index is 1670. The maximum absolute atomic E-state index is 13.4. The van der Waals surface area contributed by atoms with E-state index in [1.165, 1.54) is 18.3 Å². The average Bonchev–Trinajstić information content (AvgIpc) is 3.00. The summed E-state index contributed by atoms with van der Waals surface area (Å²) in [5.74, 6) is -0.487. The van der Waals surface area contributed by atoms with Crippen LogP contribution in [0.4, 0.5) is 5.69 Å². The zero-order valence-corrected chi connectivity index (χ0v) is 26.0. The number of para-hydroxylation sites is 1. The fraction of sp³-hybridized carbons (Fsp3) is 0.129. The smallest absolute Gasteiger partial charge is 0.262 e. The van der Waals surface area contributed by atoms with Crippen molar-refractivity contribution in [2.45, 2.75) is 11.3 Å². The van der Waals surface area contributed by atoms with E-state index in [2.05, 4.69) is 31.8 Å². The molecule has 0 atom stereocenters. The second-order valence-electron chi connectivity index (χ2n) is 9.21. The molecular formula is C31H28BrClN4O5S. The van der Waals surface area contributed by atoms with Gasteiger partial charge in [-0.25, -0.2) is 13.8 Å². The van der Waals surface area contributed by atoms with Crippen LogP contribution >= 0.6 is 27.5 Å². The number of ether oxygens (including phenoxy) is 1. The first-order chi connectivity index (χ1) is 20.7. The first kappa shape index (κ1) is 31.9. The molecule has 12 heteroatoms. The van der Waals surface area contributed by atoms with Crippen molar-refractivity contribution in [1.29, 1.82) is 0 Å². The fourth-order valence-electron chi connectivity index (χ4n) is 3.86. The summed E-state index contributed by atoms with van der Waals surface area (Å²) < 4.78 is 34.2. The van der Waals surface area contributed by atoms with Crippen LogP contribution in [-0.2, 0) is 26.0 Å². The lowest BCUT2D eigenvalue weighted by Crippen LogP contribution is -2.40. The van der Waals surface area contributed by atoms with Gasteiger partial charge in [-0.15, -0.1) is 0 Å². The molecule has 0 radical (unpaired) electrons. The molecule has 222 valence electrons. The number of amides is 2. The minimum Gasteiger partial charge on any atom is -0.484 e. The third kappa shape index (κ3) is 9.75. The van der Waals surface area contributed by atoms with Crippen LogP contribution in [0.25, 0.3) is 0 Å². The number of rotatable bonds is 13. The van der Waals surface area contributed by atoms with Crippen LogP contribution in [0.15, 0.2) is 118 Å². The molecule has 0 heterocycles. The van der Waals surface area contributed by atoms with Crippen LogP contribution in [0.2, 0.25) is 5.02 Å². The van der Waals surface area contributed by atoms with Gasteiger partial charge in [0.1, 0.15) is 5.75 Å². The minimum atomic E-state index is -3.95. The van der Waals surface area contributed by atoms with Crippen LogP contribution in [0.5, 0.6) is 5.75 Å². The Balaban J connectivity index is 1.32. The van der Waals surface area contributed by atoms with E-state index in [0.717, 1.165) is 14.3 Å². The normalized spacial score (nSPS) is 11.4. The van der Waals surface area contributed by atoms with Gasteiger partial charge >= 0.3 is 0 Å². The topological polar surface area (TPSA) is 117 Å². The van der Waals surface area contributed by atoms with Gasteiger partial charge in [0.2, 0.25) is 10.0 Å². The highest BCUT2D eigenvalue weighted by atomic mass is 79.9. The summed E-state index contributed by atoms with van der Waals surface area (Å²) in [6.45, 7) is -0.512. The highest BCUT2D eigenvalue weighted by Crippen LogP contribution is 2.21. The van der Waals surface area contributed by atoms with Gasteiger partial charge in [-0.1, -0.05) is 70.0 Å². The van der Waals surface area contributed by atoms with Crippen LogP contribution in [0.3, 0.4) is 0 Å². The molecule has 0 aromatic heterocycles. The Kier molecular flexibility index (Phi) is 11.5. The zero-order chi connectivity index (χ0) is 30.7. The van der Waals surface area contributed by atoms with Gasteiger partial charge in [0.15, 0.2) is 6.61 Å². The molecule has 43 heavy (non-hydrogen) atoms. The first-order valence-electron chi connectivity index (χ1n) is 13.1. The molecule has 9 nitrogen and oxygen atoms in total. The van der Waals surface area contributed by atoms with E-state index < -0.39 is 22.5 Å². The number of nitrogens with one attached hydrogen (secondary N) is 2. The van der Waals surface area contributed by atoms with Gasteiger partial charge in [0.05, 0.1) is 28.4 Å². The van der Waals surface area contributed by atoms with E-state index in [-0.39, 0.29) is 24.0 Å². The van der Waals surface area contributed by atoms with Crippen molar-refractivity contribution in [2.75, 3.05) is 25.0 Å². The van der Waals surface area contributed by atoms with Crippen LogP contribution in [0, 0.1) is 0 Å². The minimum absolute atomic E-state index is 0.0868. The Morgan fingerprint density at radius 2 is 1.56 bits per heavy atom. The summed E-state index contributed by atoms with van der Waals surface area (Å²) >= 11 is 9.36. The number of benzene rings is 4. The van der Waals surface area contributed by atoms with Crippen molar-refractivity contribution in [3.8, 4) is 5.75 Å². The van der Waals surface area contributed by atoms with Gasteiger partial charge in [-0.2, -0.15) is 9.41 Å². The quantitative estimate of drug-likeness (QED) is 0.143. The van der Waals surface area contributed by atoms with E-state index in [9.17, 15) is 18.0 Å². The standard InChI is InChI=1S/C31H28BrClN4O5S/c32-25-12-16-27(17-13-25)43(40,41)37(19-18-23-6-2-1-3-7-23)21-30(38)36-34-20-24-10-14-26(15-11-24)42-22-31(39)35-29-9-5-4-8-28(29)33/h1-17,20H,18-19,21-22H2,(H,35,39)(H,36,38)/b34-20+. The Morgan fingerprint density at radius 3 is 2.26 bits per heavy atom. The van der Waals surface area contributed by atoms with Crippen LogP contribution in [-0.4, -0.2) is 50.4 Å². The molecule has 0 fully saturated rings. The molecule has 4 rings (SSSR count). The largest absolute Gasteiger partial charge is 0.484 e. The van der Waals surface area contributed by atoms with Crippen molar-refractivity contribution in [3.05, 3.63) is 124 Å². The van der Waals surface area contributed by atoms with E-state index in [1.807, 2.05) is 30.3 Å². The third-order valence-electron chi connectivity index (χ3n) is 6.06. The molecule has 4 aromatic carbocycles. The van der Waals surface area contributed by atoms with Gasteiger partial charge in [0.25, 0.3) is 11.8 Å².